The van der Waals surface area contributed by atoms with Gasteiger partial charge in [-0.15, -0.1) is 0 Å². The van der Waals surface area contributed by atoms with Crippen LogP contribution in [0.5, 0.6) is 5.75 Å². The van der Waals surface area contributed by atoms with E-state index in [9.17, 15) is 22.4 Å². The van der Waals surface area contributed by atoms with Crippen molar-refractivity contribution in [3.05, 3.63) is 69.1 Å². The van der Waals surface area contributed by atoms with Crippen LogP contribution < -0.4 is 10.4 Å². The smallest absolute Gasteiger partial charge is 0.428 e. The van der Waals surface area contributed by atoms with Crippen LogP contribution in [0.4, 0.5) is 17.6 Å². The summed E-state index contributed by atoms with van der Waals surface area (Å²) in [5.74, 6) is -0.460. The van der Waals surface area contributed by atoms with Crippen LogP contribution in [-0.2, 0) is 18.5 Å². The lowest BCUT2D eigenvalue weighted by Gasteiger charge is -2.17. The predicted octanol–water partition coefficient (Wildman–Crippen LogP) is 3.80. The SMILES string of the molecule is C/C(=N\OCc1c(Cl)cccc1-n1nnn(C)c1=O)c1cccc(OC(F)(F)C(F)F)c1. The highest BCUT2D eigenvalue weighted by Gasteiger charge is 2.44. The molecule has 0 N–H and O–H groups in total. The molecule has 1 aromatic heterocycles. The van der Waals surface area contributed by atoms with Crippen LogP contribution in [0.2, 0.25) is 5.02 Å². The molecule has 0 radical (unpaired) electrons. The Morgan fingerprint density at radius 2 is 1.94 bits per heavy atom. The van der Waals surface area contributed by atoms with Crippen molar-refractivity contribution >= 4 is 17.3 Å². The van der Waals surface area contributed by atoms with E-state index in [0.29, 0.717) is 16.8 Å². The number of hydrogen-bond acceptors (Lipinski definition) is 6. The molecule has 1 heterocycles. The molecule has 0 amide bonds. The summed E-state index contributed by atoms with van der Waals surface area (Å²) < 4.78 is 57.1. The molecule has 8 nitrogen and oxygen atoms in total. The van der Waals surface area contributed by atoms with Crippen LogP contribution in [0.15, 0.2) is 52.4 Å². The van der Waals surface area contributed by atoms with Gasteiger partial charge in [-0.25, -0.2) is 4.79 Å². The second-order valence-corrected chi connectivity index (χ2v) is 6.88. The lowest BCUT2D eigenvalue weighted by molar-refractivity contribution is -0.253. The molecule has 3 rings (SSSR count). The summed E-state index contributed by atoms with van der Waals surface area (Å²) in [6.45, 7) is 1.36. The molecule has 0 aliphatic heterocycles. The predicted molar refractivity (Wildman–Crippen MR) is 107 cm³/mol. The Kier molecular flexibility index (Phi) is 6.82. The standard InChI is InChI=1S/C19H16ClF4N5O3/c1-11(12-5-3-6-13(9-12)32-19(23,24)17(21)22)25-31-10-14-15(20)7-4-8-16(14)29-18(30)28(2)26-27-29/h3-9,17H,10H2,1-2H3/b25-11+. The van der Waals surface area contributed by atoms with Crippen LogP contribution in [-0.4, -0.2) is 38.0 Å². The highest BCUT2D eigenvalue weighted by atomic mass is 35.5. The lowest BCUT2D eigenvalue weighted by atomic mass is 10.1. The molecule has 32 heavy (non-hydrogen) atoms. The van der Waals surface area contributed by atoms with Crippen LogP contribution in [0.25, 0.3) is 5.69 Å². The highest BCUT2D eigenvalue weighted by molar-refractivity contribution is 6.31. The van der Waals surface area contributed by atoms with Crippen LogP contribution >= 0.6 is 11.6 Å². The first-order chi connectivity index (χ1) is 15.1. The van der Waals surface area contributed by atoms with Crippen LogP contribution in [0.3, 0.4) is 0 Å². The van der Waals surface area contributed by atoms with E-state index in [1.165, 1.54) is 26.1 Å². The number of tetrazole rings is 1. The summed E-state index contributed by atoms with van der Waals surface area (Å²) in [6, 6.07) is 9.90. The number of hydrogen-bond donors (Lipinski definition) is 0. The molecule has 0 fully saturated rings. The zero-order chi connectivity index (χ0) is 23.5. The molecule has 170 valence electrons. The molecule has 0 saturated heterocycles. The normalized spacial score (nSPS) is 12.3. The zero-order valence-electron chi connectivity index (χ0n) is 16.7. The van der Waals surface area contributed by atoms with Gasteiger partial charge in [-0.2, -0.15) is 26.9 Å². The molecule has 0 aliphatic rings. The van der Waals surface area contributed by atoms with E-state index in [0.717, 1.165) is 21.5 Å². The molecule has 0 atom stereocenters. The van der Waals surface area contributed by atoms with Gasteiger partial charge in [0.25, 0.3) is 0 Å². The number of oxime groups is 1. The minimum atomic E-state index is -4.63. The highest BCUT2D eigenvalue weighted by Crippen LogP contribution is 2.28. The van der Waals surface area contributed by atoms with Crippen molar-refractivity contribution < 1.29 is 27.1 Å². The van der Waals surface area contributed by atoms with Crippen molar-refractivity contribution in [1.29, 1.82) is 0 Å². The maximum atomic E-state index is 13.1. The van der Waals surface area contributed by atoms with Gasteiger partial charge in [0.1, 0.15) is 12.4 Å². The third kappa shape index (κ3) is 5.07. The van der Waals surface area contributed by atoms with Crippen molar-refractivity contribution in [3.8, 4) is 11.4 Å². The Morgan fingerprint density at radius 3 is 2.59 bits per heavy atom. The fraction of sp³-hybridized carbons (Fsp3) is 0.263. The second kappa shape index (κ2) is 9.39. The first-order valence-electron chi connectivity index (χ1n) is 8.99. The Hall–Kier alpha value is -3.41. The summed E-state index contributed by atoms with van der Waals surface area (Å²) in [6.07, 6.45) is -8.60. The Morgan fingerprint density at radius 1 is 1.22 bits per heavy atom. The van der Waals surface area contributed by atoms with Crippen LogP contribution in [0.1, 0.15) is 18.1 Å². The van der Waals surface area contributed by atoms with Gasteiger partial charge in [0.2, 0.25) is 0 Å². The van der Waals surface area contributed by atoms with Crippen molar-refractivity contribution in [2.45, 2.75) is 26.1 Å². The molecule has 2 aromatic carbocycles. The van der Waals surface area contributed by atoms with E-state index < -0.39 is 24.0 Å². The Balaban J connectivity index is 1.78. The van der Waals surface area contributed by atoms with Gasteiger partial charge < -0.3 is 9.57 Å². The van der Waals surface area contributed by atoms with E-state index in [1.54, 1.807) is 18.2 Å². The second-order valence-electron chi connectivity index (χ2n) is 6.48. The van der Waals surface area contributed by atoms with Gasteiger partial charge in [-0.3, -0.25) is 0 Å². The van der Waals surface area contributed by atoms with Gasteiger partial charge in [0, 0.05) is 23.2 Å². The van der Waals surface area contributed by atoms with Crippen LogP contribution in [0, 0.1) is 0 Å². The fourth-order valence-electron chi connectivity index (χ4n) is 2.59. The Labute approximate surface area is 183 Å². The van der Waals surface area contributed by atoms with Crippen molar-refractivity contribution in [2.24, 2.45) is 12.2 Å². The maximum Gasteiger partial charge on any atom is 0.461 e. The van der Waals surface area contributed by atoms with Gasteiger partial charge in [0.15, 0.2) is 0 Å². The molecule has 0 unspecified atom stereocenters. The maximum absolute atomic E-state index is 13.1. The molecular weight excluding hydrogens is 458 g/mol. The number of aryl methyl sites for hydroxylation is 1. The fourth-order valence-corrected chi connectivity index (χ4v) is 2.81. The summed E-state index contributed by atoms with van der Waals surface area (Å²) in [4.78, 5) is 17.5. The summed E-state index contributed by atoms with van der Waals surface area (Å²) in [5.41, 5.74) is 0.804. The monoisotopic (exact) mass is 473 g/mol. The van der Waals surface area contributed by atoms with E-state index in [-0.39, 0.29) is 17.3 Å². The molecule has 0 spiro atoms. The third-order valence-electron chi connectivity index (χ3n) is 4.21. The van der Waals surface area contributed by atoms with E-state index >= 15 is 0 Å². The van der Waals surface area contributed by atoms with E-state index in [1.807, 2.05) is 0 Å². The minimum absolute atomic E-state index is 0.158. The van der Waals surface area contributed by atoms with Crippen molar-refractivity contribution in [1.82, 2.24) is 19.8 Å². The number of aromatic nitrogens is 4. The lowest BCUT2D eigenvalue weighted by Crippen LogP contribution is -2.33. The zero-order valence-corrected chi connectivity index (χ0v) is 17.4. The number of halogens is 5. The van der Waals surface area contributed by atoms with Gasteiger partial charge in [-0.05, 0) is 41.6 Å². The van der Waals surface area contributed by atoms with E-state index in [2.05, 4.69) is 20.3 Å². The summed E-state index contributed by atoms with van der Waals surface area (Å²) in [5, 5.41) is 11.6. The molecule has 0 saturated carbocycles. The third-order valence-corrected chi connectivity index (χ3v) is 4.57. The first-order valence-corrected chi connectivity index (χ1v) is 9.36. The van der Waals surface area contributed by atoms with Gasteiger partial charge >= 0.3 is 18.2 Å². The molecule has 0 bridgehead atoms. The van der Waals surface area contributed by atoms with Gasteiger partial charge in [-0.1, -0.05) is 35.0 Å². The van der Waals surface area contributed by atoms with Crippen molar-refractivity contribution in [3.63, 3.8) is 0 Å². The number of rotatable bonds is 8. The molecule has 0 aliphatic carbocycles. The Bertz CT molecular complexity index is 1200. The summed E-state index contributed by atoms with van der Waals surface area (Å²) in [7, 11) is 1.44. The van der Waals surface area contributed by atoms with Crippen molar-refractivity contribution in [2.75, 3.05) is 0 Å². The van der Waals surface area contributed by atoms with E-state index in [4.69, 9.17) is 16.4 Å². The first kappa shape index (κ1) is 23.3. The average Bonchev–Trinajstić information content (AvgIpc) is 3.07. The topological polar surface area (TPSA) is 83.5 Å². The quantitative estimate of drug-likeness (QED) is 0.282. The average molecular weight is 474 g/mol. The molecular formula is C19H16ClF4N5O3. The molecule has 13 heteroatoms. The number of benzene rings is 2. The number of ether oxygens (including phenoxy) is 1. The molecule has 3 aromatic rings. The number of nitrogens with zero attached hydrogens (tertiary/aromatic N) is 5. The van der Waals surface area contributed by atoms with Gasteiger partial charge in [0.05, 0.1) is 11.4 Å². The minimum Gasteiger partial charge on any atom is -0.428 e. The summed E-state index contributed by atoms with van der Waals surface area (Å²) >= 11 is 6.23. The largest absolute Gasteiger partial charge is 0.461 e. The number of alkyl halides is 4.